The number of amides is 1. The number of nitrogens with zero attached hydrogens (tertiary/aromatic N) is 3. The van der Waals surface area contributed by atoms with E-state index in [9.17, 15) is 9.59 Å². The van der Waals surface area contributed by atoms with Crippen LogP contribution in [0.5, 0.6) is 0 Å². The Bertz CT molecular complexity index is 863. The summed E-state index contributed by atoms with van der Waals surface area (Å²) >= 11 is 0. The number of rotatable bonds is 4. The summed E-state index contributed by atoms with van der Waals surface area (Å²) in [6.07, 6.45) is 4.57. The molecule has 116 valence electrons. The minimum Gasteiger partial charge on any atom is -0.430 e. The predicted molar refractivity (Wildman–Crippen MR) is 82.6 cm³/mol. The van der Waals surface area contributed by atoms with Crippen LogP contribution in [-0.4, -0.2) is 20.7 Å². The third kappa shape index (κ3) is 3.34. The first-order valence-corrected chi connectivity index (χ1v) is 6.94. The van der Waals surface area contributed by atoms with E-state index in [4.69, 9.17) is 0 Å². The van der Waals surface area contributed by atoms with Gasteiger partial charge in [-0.15, -0.1) is 0 Å². The topological polar surface area (TPSA) is 90.0 Å². The third-order valence-corrected chi connectivity index (χ3v) is 3.33. The number of carbonyl (C=O) groups excluding carboxylic acids is 1. The second-order valence-corrected chi connectivity index (χ2v) is 4.91. The van der Waals surface area contributed by atoms with E-state index in [1.165, 1.54) is 12.1 Å². The quantitative estimate of drug-likeness (QED) is 0.786. The lowest BCUT2D eigenvalue weighted by atomic mass is 10.2. The van der Waals surface area contributed by atoms with Crippen molar-refractivity contribution in [2.75, 3.05) is 0 Å². The normalized spacial score (nSPS) is 10.5. The second kappa shape index (κ2) is 6.27. The smallest absolute Gasteiger partial charge is 0.335 e. The van der Waals surface area contributed by atoms with E-state index in [-0.39, 0.29) is 5.91 Å². The Morgan fingerprint density at radius 1 is 1.35 bits per heavy atom. The zero-order chi connectivity index (χ0) is 16.2. The molecule has 0 fully saturated rings. The summed E-state index contributed by atoms with van der Waals surface area (Å²) in [6.45, 7) is 0.307. The first-order chi connectivity index (χ1) is 11.1. The minimum atomic E-state index is -0.491. The van der Waals surface area contributed by atoms with Gasteiger partial charge in [0.05, 0.1) is 23.5 Å². The molecule has 0 bridgehead atoms. The molecule has 7 heteroatoms. The van der Waals surface area contributed by atoms with Crippen molar-refractivity contribution in [1.29, 1.82) is 0 Å². The molecule has 3 rings (SSSR count). The molecule has 0 aliphatic heterocycles. The van der Waals surface area contributed by atoms with E-state index < -0.39 is 5.63 Å². The minimum absolute atomic E-state index is 0.291. The maximum absolute atomic E-state index is 12.0. The van der Waals surface area contributed by atoms with Gasteiger partial charge in [0.1, 0.15) is 6.26 Å². The molecule has 3 aromatic heterocycles. The van der Waals surface area contributed by atoms with Crippen molar-refractivity contribution < 1.29 is 9.21 Å². The Morgan fingerprint density at radius 2 is 2.22 bits per heavy atom. The van der Waals surface area contributed by atoms with Crippen molar-refractivity contribution in [1.82, 2.24) is 20.1 Å². The van der Waals surface area contributed by atoms with Crippen LogP contribution in [0.1, 0.15) is 16.1 Å². The molecule has 1 amide bonds. The van der Waals surface area contributed by atoms with Gasteiger partial charge in [-0.05, 0) is 24.3 Å². The number of hydrogen-bond donors (Lipinski definition) is 1. The molecule has 0 saturated heterocycles. The van der Waals surface area contributed by atoms with E-state index in [1.807, 2.05) is 25.2 Å². The highest BCUT2D eigenvalue weighted by atomic mass is 16.4. The maximum atomic E-state index is 12.0. The van der Waals surface area contributed by atoms with Crippen LogP contribution in [-0.2, 0) is 13.6 Å². The first kappa shape index (κ1) is 14.7. The van der Waals surface area contributed by atoms with Crippen LogP contribution in [0.2, 0.25) is 0 Å². The van der Waals surface area contributed by atoms with Gasteiger partial charge in [-0.2, -0.15) is 5.10 Å². The highest BCUT2D eigenvalue weighted by Gasteiger charge is 2.10. The summed E-state index contributed by atoms with van der Waals surface area (Å²) in [5.41, 5.74) is 2.34. The van der Waals surface area contributed by atoms with Gasteiger partial charge in [-0.25, -0.2) is 4.79 Å². The van der Waals surface area contributed by atoms with Crippen molar-refractivity contribution in [2.24, 2.45) is 7.05 Å². The monoisotopic (exact) mass is 310 g/mol. The zero-order valence-corrected chi connectivity index (χ0v) is 12.4. The molecule has 0 saturated carbocycles. The van der Waals surface area contributed by atoms with Gasteiger partial charge in [0.2, 0.25) is 0 Å². The molecule has 0 atom stereocenters. The summed E-state index contributed by atoms with van der Waals surface area (Å²) < 4.78 is 6.38. The van der Waals surface area contributed by atoms with E-state index in [1.54, 1.807) is 17.1 Å². The molecule has 3 heterocycles. The molecule has 0 spiro atoms. The van der Waals surface area contributed by atoms with Crippen LogP contribution < -0.4 is 10.9 Å². The number of hydrogen-bond acceptors (Lipinski definition) is 5. The second-order valence-electron chi connectivity index (χ2n) is 4.91. The number of pyridine rings is 1. The van der Waals surface area contributed by atoms with Gasteiger partial charge < -0.3 is 9.73 Å². The number of aromatic nitrogens is 3. The molecular formula is C16H14N4O3. The summed E-state index contributed by atoms with van der Waals surface area (Å²) in [5.74, 6) is -0.321. The van der Waals surface area contributed by atoms with E-state index in [0.717, 1.165) is 23.2 Å². The molecule has 3 aromatic rings. The van der Waals surface area contributed by atoms with Crippen LogP contribution in [0.3, 0.4) is 0 Å². The predicted octanol–water partition coefficient (Wildman–Crippen LogP) is 1.37. The van der Waals surface area contributed by atoms with E-state index in [2.05, 4.69) is 19.8 Å². The van der Waals surface area contributed by atoms with Gasteiger partial charge in [-0.1, -0.05) is 0 Å². The fourth-order valence-corrected chi connectivity index (χ4v) is 2.09. The van der Waals surface area contributed by atoms with Crippen molar-refractivity contribution in [2.45, 2.75) is 6.54 Å². The fraction of sp³-hybridized carbons (Fsp3) is 0.125. The number of nitrogens with one attached hydrogen (secondary N) is 1. The van der Waals surface area contributed by atoms with Gasteiger partial charge in [0.25, 0.3) is 5.91 Å². The molecule has 1 N–H and O–H groups in total. The van der Waals surface area contributed by atoms with Crippen LogP contribution in [0.4, 0.5) is 0 Å². The Morgan fingerprint density at radius 3 is 2.91 bits per heavy atom. The standard InChI is InChI=1S/C16H14N4O3/c1-20-13(7-14(19-20)11-3-2-6-17-8-11)9-18-16(22)12-4-5-15(21)23-10-12/h2-8,10H,9H2,1H3,(H,18,22). The SMILES string of the molecule is Cn1nc(-c2cccnc2)cc1CNC(=O)c1ccc(=O)oc1. The lowest BCUT2D eigenvalue weighted by molar-refractivity contribution is 0.0947. The molecule has 23 heavy (non-hydrogen) atoms. The molecule has 0 aliphatic rings. The van der Waals surface area contributed by atoms with Crippen LogP contribution in [0.25, 0.3) is 11.3 Å². The Labute approximate surface area is 131 Å². The lowest BCUT2D eigenvalue weighted by Crippen LogP contribution is -2.24. The summed E-state index contributed by atoms with van der Waals surface area (Å²) in [5, 5.41) is 7.17. The third-order valence-electron chi connectivity index (χ3n) is 3.33. The Kier molecular flexibility index (Phi) is 4.01. The Balaban J connectivity index is 1.71. The van der Waals surface area contributed by atoms with E-state index in [0.29, 0.717) is 12.1 Å². The van der Waals surface area contributed by atoms with E-state index >= 15 is 0 Å². The number of aryl methyl sites for hydroxylation is 1. The zero-order valence-electron chi connectivity index (χ0n) is 12.4. The first-order valence-electron chi connectivity index (χ1n) is 6.94. The average molecular weight is 310 g/mol. The van der Waals surface area contributed by atoms with Crippen LogP contribution in [0, 0.1) is 0 Å². The van der Waals surface area contributed by atoms with Gasteiger partial charge in [0.15, 0.2) is 0 Å². The van der Waals surface area contributed by atoms with Crippen molar-refractivity contribution >= 4 is 5.91 Å². The molecule has 0 unspecified atom stereocenters. The van der Waals surface area contributed by atoms with Crippen LogP contribution >= 0.6 is 0 Å². The summed E-state index contributed by atoms with van der Waals surface area (Å²) in [6, 6.07) is 8.28. The van der Waals surface area contributed by atoms with Crippen LogP contribution in [0.15, 0.2) is 58.2 Å². The number of carbonyl (C=O) groups is 1. The molecule has 0 aromatic carbocycles. The molecular weight excluding hydrogens is 296 g/mol. The van der Waals surface area contributed by atoms with Crippen molar-refractivity contribution in [3.05, 3.63) is 70.7 Å². The van der Waals surface area contributed by atoms with Crippen molar-refractivity contribution in [3.63, 3.8) is 0 Å². The molecule has 7 nitrogen and oxygen atoms in total. The molecule has 0 radical (unpaired) electrons. The lowest BCUT2D eigenvalue weighted by Gasteiger charge is -2.04. The highest BCUT2D eigenvalue weighted by Crippen LogP contribution is 2.17. The highest BCUT2D eigenvalue weighted by molar-refractivity contribution is 5.93. The summed E-state index contributed by atoms with van der Waals surface area (Å²) in [4.78, 5) is 27.0. The molecule has 0 aliphatic carbocycles. The summed E-state index contributed by atoms with van der Waals surface area (Å²) in [7, 11) is 1.81. The Hall–Kier alpha value is -3.22. The fourth-order valence-electron chi connectivity index (χ4n) is 2.09. The maximum Gasteiger partial charge on any atom is 0.335 e. The largest absolute Gasteiger partial charge is 0.430 e. The van der Waals surface area contributed by atoms with Gasteiger partial charge >= 0.3 is 5.63 Å². The van der Waals surface area contributed by atoms with Crippen molar-refractivity contribution in [3.8, 4) is 11.3 Å². The average Bonchev–Trinajstić information content (AvgIpc) is 2.95. The van der Waals surface area contributed by atoms with Gasteiger partial charge in [0, 0.05) is 31.1 Å². The van der Waals surface area contributed by atoms with Gasteiger partial charge in [-0.3, -0.25) is 14.5 Å².